The molecule has 1 aliphatic heterocycles. The van der Waals surface area contributed by atoms with Crippen LogP contribution in [0, 0.1) is 0 Å². The molecule has 2 aromatic rings. The normalized spacial score (nSPS) is 13.7. The third kappa shape index (κ3) is 4.08. The maximum absolute atomic E-state index is 13.2. The summed E-state index contributed by atoms with van der Waals surface area (Å²) in [5.41, 5.74) is 1.45. The summed E-state index contributed by atoms with van der Waals surface area (Å²) >= 11 is 0. The molecular formula is C22H24N2O6. The molecule has 2 amide bonds. The van der Waals surface area contributed by atoms with Crippen molar-refractivity contribution in [3.63, 3.8) is 0 Å². The first-order valence-electron chi connectivity index (χ1n) is 9.27. The van der Waals surface area contributed by atoms with Crippen molar-refractivity contribution in [2.24, 2.45) is 0 Å². The predicted molar refractivity (Wildman–Crippen MR) is 112 cm³/mol. The van der Waals surface area contributed by atoms with E-state index in [4.69, 9.17) is 18.9 Å². The molecule has 0 atom stereocenters. The fraction of sp³-hybridized carbons (Fsp3) is 0.273. The number of anilines is 1. The third-order valence-electron chi connectivity index (χ3n) is 4.68. The second-order valence-electron chi connectivity index (χ2n) is 6.43. The van der Waals surface area contributed by atoms with Crippen LogP contribution in [-0.4, -0.2) is 58.3 Å². The standard InChI is InChI=1S/C22H24N2O6/c1-27-10-9-24-21(25)19(17-7-5-6-8-18(17)30-4)20(22(24)26)23-14-11-15(28-2)13-16(12-14)29-3/h5-8,11-13,23H,9-10H2,1-4H3. The number of para-hydroxylation sites is 1. The molecule has 8 nitrogen and oxygen atoms in total. The van der Waals surface area contributed by atoms with Crippen molar-refractivity contribution in [2.75, 3.05) is 46.9 Å². The molecular weight excluding hydrogens is 388 g/mol. The van der Waals surface area contributed by atoms with Gasteiger partial charge in [0, 0.05) is 36.6 Å². The Morgan fingerprint density at radius 1 is 0.867 bits per heavy atom. The Kier molecular flexibility index (Phi) is 6.58. The van der Waals surface area contributed by atoms with Crippen molar-refractivity contribution in [2.45, 2.75) is 0 Å². The molecule has 1 heterocycles. The first-order valence-corrected chi connectivity index (χ1v) is 9.27. The van der Waals surface area contributed by atoms with Crippen LogP contribution in [0.3, 0.4) is 0 Å². The molecule has 0 spiro atoms. The number of rotatable bonds is 9. The molecule has 158 valence electrons. The SMILES string of the molecule is COCCN1C(=O)C(Nc2cc(OC)cc(OC)c2)=C(c2ccccc2OC)C1=O. The highest BCUT2D eigenvalue weighted by molar-refractivity contribution is 6.37. The molecule has 0 saturated heterocycles. The predicted octanol–water partition coefficient (Wildman–Crippen LogP) is 2.55. The van der Waals surface area contributed by atoms with Gasteiger partial charge in [-0.3, -0.25) is 14.5 Å². The Bertz CT molecular complexity index is 963. The number of amides is 2. The van der Waals surface area contributed by atoms with Gasteiger partial charge in [-0.25, -0.2) is 0 Å². The first kappa shape index (κ1) is 21.2. The Morgan fingerprint density at radius 3 is 2.13 bits per heavy atom. The second-order valence-corrected chi connectivity index (χ2v) is 6.43. The Labute approximate surface area is 175 Å². The van der Waals surface area contributed by atoms with Gasteiger partial charge in [-0.1, -0.05) is 18.2 Å². The van der Waals surface area contributed by atoms with Gasteiger partial charge in [-0.05, 0) is 6.07 Å². The summed E-state index contributed by atoms with van der Waals surface area (Å²) in [5, 5.41) is 3.09. The van der Waals surface area contributed by atoms with Gasteiger partial charge in [0.1, 0.15) is 22.9 Å². The lowest BCUT2D eigenvalue weighted by Gasteiger charge is -2.15. The van der Waals surface area contributed by atoms with Gasteiger partial charge >= 0.3 is 0 Å². The molecule has 0 bridgehead atoms. The monoisotopic (exact) mass is 412 g/mol. The molecule has 0 radical (unpaired) electrons. The number of imide groups is 1. The summed E-state index contributed by atoms with van der Waals surface area (Å²) in [7, 11) is 6.11. The van der Waals surface area contributed by atoms with Gasteiger partial charge in [-0.2, -0.15) is 0 Å². The van der Waals surface area contributed by atoms with Crippen molar-refractivity contribution in [1.29, 1.82) is 0 Å². The van der Waals surface area contributed by atoms with Crippen LogP contribution >= 0.6 is 0 Å². The molecule has 0 aromatic heterocycles. The smallest absolute Gasteiger partial charge is 0.278 e. The van der Waals surface area contributed by atoms with E-state index in [-0.39, 0.29) is 24.4 Å². The van der Waals surface area contributed by atoms with Crippen molar-refractivity contribution in [1.82, 2.24) is 4.90 Å². The maximum Gasteiger partial charge on any atom is 0.278 e. The highest BCUT2D eigenvalue weighted by atomic mass is 16.5. The van der Waals surface area contributed by atoms with E-state index >= 15 is 0 Å². The zero-order valence-corrected chi connectivity index (χ0v) is 17.4. The second kappa shape index (κ2) is 9.32. The van der Waals surface area contributed by atoms with Crippen molar-refractivity contribution in [3.8, 4) is 17.2 Å². The number of carbonyl (C=O) groups excluding carboxylic acids is 2. The van der Waals surface area contributed by atoms with Crippen LogP contribution in [0.15, 0.2) is 48.2 Å². The van der Waals surface area contributed by atoms with Crippen molar-refractivity contribution >= 4 is 23.1 Å². The Morgan fingerprint density at radius 2 is 1.53 bits per heavy atom. The van der Waals surface area contributed by atoms with Gasteiger partial charge < -0.3 is 24.3 Å². The summed E-state index contributed by atoms with van der Waals surface area (Å²) in [6.45, 7) is 0.371. The fourth-order valence-corrected chi connectivity index (χ4v) is 3.20. The minimum atomic E-state index is -0.445. The van der Waals surface area contributed by atoms with Crippen molar-refractivity contribution in [3.05, 3.63) is 53.7 Å². The Hall–Kier alpha value is -3.52. The number of hydrogen-bond acceptors (Lipinski definition) is 7. The van der Waals surface area contributed by atoms with E-state index in [9.17, 15) is 9.59 Å². The minimum absolute atomic E-state index is 0.138. The van der Waals surface area contributed by atoms with Crippen LogP contribution in [0.1, 0.15) is 5.56 Å². The van der Waals surface area contributed by atoms with Gasteiger partial charge in [0.2, 0.25) is 0 Å². The third-order valence-corrected chi connectivity index (χ3v) is 4.68. The summed E-state index contributed by atoms with van der Waals surface area (Å²) < 4.78 is 21.1. The van der Waals surface area contributed by atoms with E-state index in [1.165, 1.54) is 28.4 Å². The lowest BCUT2D eigenvalue weighted by Crippen LogP contribution is -2.35. The van der Waals surface area contributed by atoms with E-state index in [1.54, 1.807) is 42.5 Å². The first-order chi connectivity index (χ1) is 14.5. The van der Waals surface area contributed by atoms with Gasteiger partial charge in [0.05, 0.1) is 40.1 Å². The largest absolute Gasteiger partial charge is 0.497 e. The molecule has 1 N–H and O–H groups in total. The van der Waals surface area contributed by atoms with Crippen molar-refractivity contribution < 1.29 is 28.5 Å². The quantitative estimate of drug-likeness (QED) is 0.634. The molecule has 2 aromatic carbocycles. The lowest BCUT2D eigenvalue weighted by molar-refractivity contribution is -0.137. The summed E-state index contributed by atoms with van der Waals surface area (Å²) in [5.74, 6) is 0.719. The zero-order chi connectivity index (χ0) is 21.7. The van der Waals surface area contributed by atoms with E-state index in [0.717, 1.165) is 4.90 Å². The molecule has 1 aliphatic rings. The number of benzene rings is 2. The molecule has 0 saturated carbocycles. The summed E-state index contributed by atoms with van der Waals surface area (Å²) in [6.07, 6.45) is 0. The van der Waals surface area contributed by atoms with E-state index in [1.807, 2.05) is 0 Å². The van der Waals surface area contributed by atoms with Gasteiger partial charge in [0.25, 0.3) is 11.8 Å². The Balaban J connectivity index is 2.11. The highest BCUT2D eigenvalue weighted by Gasteiger charge is 2.40. The van der Waals surface area contributed by atoms with Crippen LogP contribution < -0.4 is 19.5 Å². The number of nitrogens with zero attached hydrogens (tertiary/aromatic N) is 1. The minimum Gasteiger partial charge on any atom is -0.497 e. The zero-order valence-electron chi connectivity index (χ0n) is 17.4. The number of carbonyl (C=O) groups is 2. The number of methoxy groups -OCH3 is 4. The highest BCUT2D eigenvalue weighted by Crippen LogP contribution is 2.36. The van der Waals surface area contributed by atoms with Gasteiger partial charge in [0.15, 0.2) is 0 Å². The van der Waals surface area contributed by atoms with E-state index < -0.39 is 11.8 Å². The molecule has 3 rings (SSSR count). The van der Waals surface area contributed by atoms with E-state index in [0.29, 0.717) is 28.5 Å². The van der Waals surface area contributed by atoms with E-state index in [2.05, 4.69) is 5.32 Å². The molecule has 0 aliphatic carbocycles. The van der Waals surface area contributed by atoms with Crippen LogP contribution in [-0.2, 0) is 14.3 Å². The topological polar surface area (TPSA) is 86.3 Å². The molecule has 0 fully saturated rings. The van der Waals surface area contributed by atoms with Crippen LogP contribution in [0.4, 0.5) is 5.69 Å². The molecule has 30 heavy (non-hydrogen) atoms. The van der Waals surface area contributed by atoms with Crippen LogP contribution in [0.5, 0.6) is 17.2 Å². The molecule has 8 heteroatoms. The average Bonchev–Trinajstić information content (AvgIpc) is 3.00. The van der Waals surface area contributed by atoms with Crippen LogP contribution in [0.2, 0.25) is 0 Å². The summed E-state index contributed by atoms with van der Waals surface area (Å²) in [6, 6.07) is 12.2. The lowest BCUT2D eigenvalue weighted by atomic mass is 10.0. The molecule has 0 unspecified atom stereocenters. The maximum atomic E-state index is 13.2. The van der Waals surface area contributed by atoms with Crippen LogP contribution in [0.25, 0.3) is 5.57 Å². The number of nitrogens with one attached hydrogen (secondary N) is 1. The number of ether oxygens (including phenoxy) is 4. The fourth-order valence-electron chi connectivity index (χ4n) is 3.20. The number of hydrogen-bond donors (Lipinski definition) is 1. The average molecular weight is 412 g/mol. The van der Waals surface area contributed by atoms with Gasteiger partial charge in [-0.15, -0.1) is 0 Å². The summed E-state index contributed by atoms with van der Waals surface area (Å²) in [4.78, 5) is 27.5.